The van der Waals surface area contributed by atoms with Crippen LogP contribution in [0.3, 0.4) is 0 Å². The second kappa shape index (κ2) is 10.9. The van der Waals surface area contributed by atoms with E-state index in [-0.39, 0.29) is 6.61 Å². The van der Waals surface area contributed by atoms with Gasteiger partial charge in [-0.2, -0.15) is 0 Å². The van der Waals surface area contributed by atoms with Gasteiger partial charge in [0.1, 0.15) is 5.75 Å². The summed E-state index contributed by atoms with van der Waals surface area (Å²) in [6, 6.07) is 11.5. The number of hydrogen-bond acceptors (Lipinski definition) is 6. The molecule has 0 saturated carbocycles. The van der Waals surface area contributed by atoms with E-state index >= 15 is 0 Å². The minimum atomic E-state index is 0.246. The third kappa shape index (κ3) is 6.08. The Kier molecular flexibility index (Phi) is 8.02. The number of nitrogens with zero attached hydrogens (tertiary/aromatic N) is 3. The first-order chi connectivity index (χ1) is 15.1. The molecular formula is C25H37N3O2S. The van der Waals surface area contributed by atoms with E-state index in [2.05, 4.69) is 52.0 Å². The lowest BCUT2D eigenvalue weighted by Crippen LogP contribution is -2.52. The molecule has 4 rings (SSSR count). The van der Waals surface area contributed by atoms with Crippen molar-refractivity contribution in [1.29, 1.82) is 0 Å². The summed E-state index contributed by atoms with van der Waals surface area (Å²) in [4.78, 5) is 10.7. The number of aliphatic hydroxyl groups excluding tert-OH is 1. The fraction of sp³-hybridized carbons (Fsp3) is 0.600. The van der Waals surface area contributed by atoms with Crippen LogP contribution in [-0.4, -0.2) is 72.3 Å². The highest BCUT2D eigenvalue weighted by molar-refractivity contribution is 7.11. The number of likely N-dealkylation sites (tertiary alicyclic amines) is 1. The summed E-state index contributed by atoms with van der Waals surface area (Å²) in [6.07, 6.45) is 3.53. The van der Waals surface area contributed by atoms with Crippen LogP contribution in [0.2, 0.25) is 0 Å². The summed E-state index contributed by atoms with van der Waals surface area (Å²) in [6.45, 7) is 11.1. The number of hydrogen-bond donors (Lipinski definition) is 1. The molecule has 5 nitrogen and oxygen atoms in total. The minimum Gasteiger partial charge on any atom is -0.496 e. The summed E-state index contributed by atoms with van der Waals surface area (Å²) in [5, 5.41) is 9.67. The highest BCUT2D eigenvalue weighted by Gasteiger charge is 2.27. The normalized spacial score (nSPS) is 21.1. The smallest absolute Gasteiger partial charge is 0.121 e. The Morgan fingerprint density at radius 2 is 1.71 bits per heavy atom. The topological polar surface area (TPSA) is 39.2 Å². The minimum absolute atomic E-state index is 0.246. The average molecular weight is 444 g/mol. The van der Waals surface area contributed by atoms with Crippen LogP contribution in [0.1, 0.15) is 40.1 Å². The van der Waals surface area contributed by atoms with E-state index in [0.29, 0.717) is 6.04 Å². The monoisotopic (exact) mass is 443 g/mol. The molecule has 0 amide bonds. The molecule has 2 aromatic rings. The molecule has 0 radical (unpaired) electrons. The standard InChI is InChI=1S/C25H37N3O2S/c1-20-15-21(5-8-25(20)30-2)16-28-13-12-27(17-22(28)9-14-29)19-24-7-6-23(31-24)18-26-10-3-4-11-26/h5-8,15,22,29H,3-4,9-14,16-19H2,1-2H3. The lowest BCUT2D eigenvalue weighted by atomic mass is 10.1. The van der Waals surface area contributed by atoms with Gasteiger partial charge in [0.25, 0.3) is 0 Å². The zero-order chi connectivity index (χ0) is 21.6. The first kappa shape index (κ1) is 22.7. The number of methoxy groups -OCH3 is 1. The van der Waals surface area contributed by atoms with E-state index in [0.717, 1.165) is 51.4 Å². The lowest BCUT2D eigenvalue weighted by molar-refractivity contribution is 0.0504. The molecule has 170 valence electrons. The molecule has 6 heteroatoms. The Hall–Kier alpha value is -1.44. The first-order valence-electron chi connectivity index (χ1n) is 11.7. The van der Waals surface area contributed by atoms with Gasteiger partial charge in [0, 0.05) is 61.7 Å². The first-order valence-corrected chi connectivity index (χ1v) is 12.5. The van der Waals surface area contributed by atoms with E-state index in [9.17, 15) is 5.11 Å². The Labute approximate surface area is 191 Å². The van der Waals surface area contributed by atoms with Crippen molar-refractivity contribution in [3.05, 3.63) is 51.2 Å². The van der Waals surface area contributed by atoms with Gasteiger partial charge in [-0.15, -0.1) is 11.3 Å². The highest BCUT2D eigenvalue weighted by Crippen LogP contribution is 2.25. The van der Waals surface area contributed by atoms with Crippen LogP contribution >= 0.6 is 11.3 Å². The number of aliphatic hydroxyl groups is 1. The van der Waals surface area contributed by atoms with E-state index in [1.807, 2.05) is 11.3 Å². The SMILES string of the molecule is COc1ccc(CN2CCN(Cc3ccc(CN4CCCC4)s3)CC2CCO)cc1C. The predicted octanol–water partition coefficient (Wildman–Crippen LogP) is 3.73. The molecule has 0 bridgehead atoms. The van der Waals surface area contributed by atoms with E-state index in [1.165, 1.54) is 46.8 Å². The van der Waals surface area contributed by atoms with Crippen molar-refractivity contribution in [2.75, 3.05) is 46.4 Å². The van der Waals surface area contributed by atoms with Gasteiger partial charge in [0.05, 0.1) is 7.11 Å². The number of piperazine rings is 1. The van der Waals surface area contributed by atoms with Crippen molar-refractivity contribution in [3.63, 3.8) is 0 Å². The van der Waals surface area contributed by atoms with Crippen LogP contribution < -0.4 is 4.74 Å². The molecule has 0 spiro atoms. The fourth-order valence-electron chi connectivity index (χ4n) is 4.98. The largest absolute Gasteiger partial charge is 0.496 e. The van der Waals surface area contributed by atoms with Crippen molar-refractivity contribution >= 4 is 11.3 Å². The number of benzene rings is 1. The molecule has 2 aliphatic heterocycles. The van der Waals surface area contributed by atoms with Gasteiger partial charge in [-0.25, -0.2) is 0 Å². The molecule has 1 aromatic carbocycles. The Morgan fingerprint density at radius 1 is 0.968 bits per heavy atom. The van der Waals surface area contributed by atoms with Crippen LogP contribution in [0, 0.1) is 6.92 Å². The molecule has 31 heavy (non-hydrogen) atoms. The number of rotatable bonds is 9. The number of aryl methyl sites for hydroxylation is 1. The van der Waals surface area contributed by atoms with Gasteiger partial charge in [-0.1, -0.05) is 12.1 Å². The summed E-state index contributed by atoms with van der Waals surface area (Å²) in [7, 11) is 1.72. The molecule has 3 heterocycles. The van der Waals surface area contributed by atoms with Gasteiger partial charge in [-0.3, -0.25) is 14.7 Å². The van der Waals surface area contributed by atoms with Gasteiger partial charge >= 0.3 is 0 Å². The van der Waals surface area contributed by atoms with Crippen LogP contribution in [0.15, 0.2) is 30.3 Å². The second-order valence-electron chi connectivity index (χ2n) is 9.03. The van der Waals surface area contributed by atoms with E-state index in [1.54, 1.807) is 7.11 Å². The maximum atomic E-state index is 9.67. The second-order valence-corrected chi connectivity index (χ2v) is 10.3. The van der Waals surface area contributed by atoms with E-state index < -0.39 is 0 Å². The molecule has 2 aliphatic rings. The zero-order valence-electron chi connectivity index (χ0n) is 19.1. The third-order valence-electron chi connectivity index (χ3n) is 6.67. The predicted molar refractivity (Wildman–Crippen MR) is 128 cm³/mol. The van der Waals surface area contributed by atoms with Gasteiger partial charge < -0.3 is 9.84 Å². The quantitative estimate of drug-likeness (QED) is 0.639. The molecule has 2 fully saturated rings. The van der Waals surface area contributed by atoms with Crippen molar-refractivity contribution in [1.82, 2.24) is 14.7 Å². The Balaban J connectivity index is 1.33. The summed E-state index contributed by atoms with van der Waals surface area (Å²) < 4.78 is 5.40. The fourth-order valence-corrected chi connectivity index (χ4v) is 6.08. The molecule has 1 atom stereocenters. The Morgan fingerprint density at radius 3 is 2.39 bits per heavy atom. The molecule has 1 unspecified atom stereocenters. The molecule has 1 N–H and O–H groups in total. The summed E-state index contributed by atoms with van der Waals surface area (Å²) in [5.41, 5.74) is 2.50. The van der Waals surface area contributed by atoms with Gasteiger partial charge in [0.15, 0.2) is 0 Å². The van der Waals surface area contributed by atoms with Crippen LogP contribution in [0.25, 0.3) is 0 Å². The van der Waals surface area contributed by atoms with Crippen molar-refractivity contribution in [2.24, 2.45) is 0 Å². The molecule has 1 aromatic heterocycles. The summed E-state index contributed by atoms with van der Waals surface area (Å²) in [5.74, 6) is 0.945. The van der Waals surface area contributed by atoms with Crippen molar-refractivity contribution in [3.8, 4) is 5.75 Å². The maximum Gasteiger partial charge on any atom is 0.121 e. The maximum absolute atomic E-state index is 9.67. The van der Waals surface area contributed by atoms with Crippen LogP contribution in [-0.2, 0) is 19.6 Å². The summed E-state index contributed by atoms with van der Waals surface area (Å²) >= 11 is 1.98. The molecule has 0 aliphatic carbocycles. The van der Waals surface area contributed by atoms with Crippen LogP contribution in [0.5, 0.6) is 5.75 Å². The lowest BCUT2D eigenvalue weighted by Gasteiger charge is -2.41. The van der Waals surface area contributed by atoms with Crippen LogP contribution in [0.4, 0.5) is 0 Å². The van der Waals surface area contributed by atoms with Crippen molar-refractivity contribution < 1.29 is 9.84 Å². The van der Waals surface area contributed by atoms with Crippen molar-refractivity contribution in [2.45, 2.75) is 51.9 Å². The van der Waals surface area contributed by atoms with Gasteiger partial charge in [0.2, 0.25) is 0 Å². The zero-order valence-corrected chi connectivity index (χ0v) is 19.9. The Bertz CT molecular complexity index is 834. The molecule has 2 saturated heterocycles. The average Bonchev–Trinajstić information content (AvgIpc) is 3.43. The van der Waals surface area contributed by atoms with E-state index in [4.69, 9.17) is 4.74 Å². The number of ether oxygens (including phenoxy) is 1. The van der Waals surface area contributed by atoms with Gasteiger partial charge in [-0.05, 0) is 68.6 Å². The highest BCUT2D eigenvalue weighted by atomic mass is 32.1. The number of thiophene rings is 1. The molecular weight excluding hydrogens is 406 g/mol. The third-order valence-corrected chi connectivity index (χ3v) is 7.73.